The molecule has 0 unspecified atom stereocenters. The molecule has 2 rings (SSSR count). The van der Waals surface area contributed by atoms with Gasteiger partial charge in [-0.2, -0.15) is 0 Å². The average Bonchev–Trinajstić information content (AvgIpc) is 2.46. The first-order valence-corrected chi connectivity index (χ1v) is 10.6. The second-order valence-corrected chi connectivity index (χ2v) is 9.68. The van der Waals surface area contributed by atoms with Crippen molar-refractivity contribution in [3.8, 4) is 0 Å². The van der Waals surface area contributed by atoms with Gasteiger partial charge in [0.2, 0.25) is 0 Å². The second kappa shape index (κ2) is 7.33. The van der Waals surface area contributed by atoms with Crippen LogP contribution in [0.25, 0.3) is 4.48 Å². The van der Waals surface area contributed by atoms with Crippen LogP contribution in [0, 0.1) is 0 Å². The zero-order chi connectivity index (χ0) is 12.8. The van der Waals surface area contributed by atoms with Crippen LogP contribution in [0.5, 0.6) is 0 Å². The molecule has 0 heterocycles. The Morgan fingerprint density at radius 2 is 1.44 bits per heavy atom. The van der Waals surface area contributed by atoms with Crippen molar-refractivity contribution in [1.82, 2.24) is 0 Å². The van der Waals surface area contributed by atoms with Crippen LogP contribution in [-0.2, 0) is 0 Å². The molecule has 0 N–H and O–H groups in total. The van der Waals surface area contributed by atoms with Crippen LogP contribution in [0.2, 0.25) is 5.82 Å². The molecule has 3 heteroatoms. The van der Waals surface area contributed by atoms with Crippen LogP contribution in [-0.4, -0.2) is 29.9 Å². The van der Waals surface area contributed by atoms with Crippen molar-refractivity contribution in [1.29, 1.82) is 0 Å². The van der Waals surface area contributed by atoms with E-state index in [1.807, 2.05) is 0 Å². The van der Waals surface area contributed by atoms with Gasteiger partial charge in [-0.1, -0.05) is 0 Å². The first-order valence-electron chi connectivity index (χ1n) is 5.53. The fourth-order valence-electron chi connectivity index (χ4n) is 1.47. The molecule has 0 amide bonds. The molecule has 0 aliphatic heterocycles. The van der Waals surface area contributed by atoms with E-state index in [1.54, 1.807) is 3.37 Å². The fourth-order valence-corrected chi connectivity index (χ4v) is 7.26. The molecule has 0 aromatic heterocycles. The molecule has 0 bridgehead atoms. The van der Waals surface area contributed by atoms with E-state index in [0.29, 0.717) is 29.9 Å². The van der Waals surface area contributed by atoms with Crippen LogP contribution in [0.3, 0.4) is 0 Å². The third-order valence-electron chi connectivity index (χ3n) is 2.35. The van der Waals surface area contributed by atoms with E-state index in [4.69, 9.17) is 0 Å². The van der Waals surface area contributed by atoms with Crippen molar-refractivity contribution in [2.45, 2.75) is 5.82 Å². The van der Waals surface area contributed by atoms with Gasteiger partial charge in [-0.25, -0.2) is 0 Å². The minimum absolute atomic E-state index is 0.421. The normalized spacial score (nSPS) is 12.1. The molecule has 0 saturated carbocycles. The maximum atomic E-state index is 3.78. The summed E-state index contributed by atoms with van der Waals surface area (Å²) in [6, 6.07) is 21.3. The number of rotatable bonds is 4. The van der Waals surface area contributed by atoms with E-state index in [1.165, 1.54) is 14.5 Å². The van der Waals surface area contributed by atoms with Gasteiger partial charge in [-0.15, -0.1) is 0 Å². The molecule has 0 aliphatic rings. The Bertz CT molecular complexity index is 521. The Kier molecular flexibility index (Phi) is 5.75. The Labute approximate surface area is 129 Å². The summed E-state index contributed by atoms with van der Waals surface area (Å²) in [6.07, 6.45) is 0. The van der Waals surface area contributed by atoms with Crippen molar-refractivity contribution in [2.24, 2.45) is 0 Å². The van der Waals surface area contributed by atoms with Crippen LogP contribution in [0.4, 0.5) is 0 Å². The molecule has 18 heavy (non-hydrogen) atoms. The van der Waals surface area contributed by atoms with Gasteiger partial charge in [0.25, 0.3) is 0 Å². The van der Waals surface area contributed by atoms with Gasteiger partial charge in [-0.3, -0.25) is 0 Å². The number of hydrogen-bond donors (Lipinski definition) is 0. The zero-order valence-corrected chi connectivity index (χ0v) is 15.0. The van der Waals surface area contributed by atoms with Gasteiger partial charge in [-0.05, 0) is 0 Å². The molecule has 0 nitrogen and oxygen atoms in total. The Morgan fingerprint density at radius 3 is 2.00 bits per heavy atom. The summed E-state index contributed by atoms with van der Waals surface area (Å²) in [5.41, 5.74) is 1.29. The van der Waals surface area contributed by atoms with Crippen LogP contribution in [0.15, 0.2) is 64.0 Å². The molecule has 0 aliphatic carbocycles. The molecule has 0 saturated heterocycles. The van der Waals surface area contributed by atoms with Gasteiger partial charge < -0.3 is 0 Å². The summed E-state index contributed by atoms with van der Waals surface area (Å²) in [4.78, 5) is 0. The predicted octanol–water partition coefficient (Wildman–Crippen LogP) is 3.49. The van der Waals surface area contributed by atoms with Crippen molar-refractivity contribution in [3.63, 3.8) is 0 Å². The Morgan fingerprint density at radius 1 is 0.889 bits per heavy atom. The van der Waals surface area contributed by atoms with Gasteiger partial charge in [0.15, 0.2) is 0 Å². The van der Waals surface area contributed by atoms with E-state index < -0.39 is 0 Å². The summed E-state index contributed by atoms with van der Waals surface area (Å²) in [5.74, 6) is 2.29. The molecular formula is C15H13BrSe2. The topological polar surface area (TPSA) is 0 Å². The number of hydrogen-bond acceptors (Lipinski definition) is 0. The third-order valence-corrected chi connectivity index (χ3v) is 10.2. The number of halogens is 1. The van der Waals surface area contributed by atoms with Gasteiger partial charge in [0, 0.05) is 0 Å². The summed E-state index contributed by atoms with van der Waals surface area (Å²) in [5, 5.41) is 0. The first-order chi connectivity index (χ1) is 8.81. The summed E-state index contributed by atoms with van der Waals surface area (Å²) in [7, 11) is 0. The minimum atomic E-state index is 0.421. The average molecular weight is 431 g/mol. The van der Waals surface area contributed by atoms with Crippen molar-refractivity contribution in [2.75, 3.05) is 0 Å². The van der Waals surface area contributed by atoms with E-state index in [-0.39, 0.29) is 0 Å². The second-order valence-electron chi connectivity index (χ2n) is 3.59. The molecule has 92 valence electrons. The van der Waals surface area contributed by atoms with Gasteiger partial charge in [0.1, 0.15) is 0 Å². The standard InChI is InChI=1S/C15H13BrSe2/c1-17-15(18-13-10-6-3-7-11-13)14(16)12-8-4-2-5-9-12/h2-11H,1H3/b15-14+. The van der Waals surface area contributed by atoms with Gasteiger partial charge in [0.05, 0.1) is 0 Å². The summed E-state index contributed by atoms with van der Waals surface area (Å²) >= 11 is 4.73. The molecule has 0 radical (unpaired) electrons. The zero-order valence-electron chi connectivity index (χ0n) is 9.97. The van der Waals surface area contributed by atoms with E-state index >= 15 is 0 Å². The third kappa shape index (κ3) is 3.85. The molecule has 0 fully saturated rings. The van der Waals surface area contributed by atoms with E-state index in [2.05, 4.69) is 82.4 Å². The summed E-state index contributed by atoms with van der Waals surface area (Å²) in [6.45, 7) is 0. The van der Waals surface area contributed by atoms with Gasteiger partial charge >= 0.3 is 130 Å². The van der Waals surface area contributed by atoms with Crippen LogP contribution >= 0.6 is 15.9 Å². The Hall–Kier alpha value is -0.301. The molecule has 0 atom stereocenters. The maximum absolute atomic E-state index is 3.78. The SMILES string of the molecule is C[Se]/C([Se]c1ccccc1)=C(\Br)c1ccccc1. The number of benzene rings is 2. The van der Waals surface area contributed by atoms with Crippen molar-refractivity contribution < 1.29 is 0 Å². The van der Waals surface area contributed by atoms with E-state index in [9.17, 15) is 0 Å². The summed E-state index contributed by atoms with van der Waals surface area (Å²) < 4.78 is 4.29. The van der Waals surface area contributed by atoms with E-state index in [0.717, 1.165) is 0 Å². The van der Waals surface area contributed by atoms with Crippen molar-refractivity contribution >= 4 is 54.8 Å². The molecule has 2 aromatic rings. The first kappa shape index (κ1) is 14.1. The molecule has 2 aromatic carbocycles. The molecule has 0 spiro atoms. The molecular weight excluding hydrogens is 418 g/mol. The van der Waals surface area contributed by atoms with Crippen molar-refractivity contribution in [3.05, 3.63) is 69.6 Å². The van der Waals surface area contributed by atoms with Crippen LogP contribution in [0.1, 0.15) is 5.56 Å². The Balaban J connectivity index is 2.28. The fraction of sp³-hybridized carbons (Fsp3) is 0.0667. The van der Waals surface area contributed by atoms with Crippen LogP contribution < -0.4 is 4.46 Å². The monoisotopic (exact) mass is 432 g/mol. The predicted molar refractivity (Wildman–Crippen MR) is 85.7 cm³/mol. The quantitative estimate of drug-likeness (QED) is 0.651.